The molecule has 2 saturated heterocycles. The Kier molecular flexibility index (Phi) is 6.74. The van der Waals surface area contributed by atoms with Gasteiger partial charge < -0.3 is 10.4 Å². The van der Waals surface area contributed by atoms with E-state index < -0.39 is 6.10 Å². The number of carbonyl (C=O) groups excluding carboxylic acids is 2. The van der Waals surface area contributed by atoms with Crippen LogP contribution in [0.1, 0.15) is 18.4 Å². The fourth-order valence-electron chi connectivity index (χ4n) is 2.75. The molecule has 5 nitrogen and oxygen atoms in total. The standard InChI is InChI=1S/C18H20N2O3S3/c21-14-11-25-10-13(14)19-16(22)7-4-8-20-17(23)15(26-18(20)24)9-12-5-2-1-3-6-12/h1-3,5-6,9,13-14,21H,4,7-8,10-11H2,(H,19,22)/b15-9-/t13-,14+/m0/s1. The van der Waals surface area contributed by atoms with Crippen LogP contribution in [-0.4, -0.2) is 56.3 Å². The fourth-order valence-corrected chi connectivity index (χ4v) is 5.23. The maximum absolute atomic E-state index is 12.5. The van der Waals surface area contributed by atoms with Gasteiger partial charge in [0.1, 0.15) is 4.32 Å². The molecule has 2 heterocycles. The number of amides is 2. The van der Waals surface area contributed by atoms with Gasteiger partial charge in [-0.1, -0.05) is 54.3 Å². The predicted molar refractivity (Wildman–Crippen MR) is 111 cm³/mol. The van der Waals surface area contributed by atoms with Crippen molar-refractivity contribution in [2.45, 2.75) is 25.0 Å². The zero-order valence-electron chi connectivity index (χ0n) is 14.1. The summed E-state index contributed by atoms with van der Waals surface area (Å²) in [5, 5.41) is 12.6. The average Bonchev–Trinajstić information content (AvgIpc) is 3.13. The Balaban J connectivity index is 1.49. The summed E-state index contributed by atoms with van der Waals surface area (Å²) in [6, 6.07) is 9.48. The quantitative estimate of drug-likeness (QED) is 0.556. The molecule has 2 aliphatic rings. The van der Waals surface area contributed by atoms with E-state index in [-0.39, 0.29) is 17.9 Å². The van der Waals surface area contributed by atoms with Gasteiger partial charge in [0.25, 0.3) is 5.91 Å². The lowest BCUT2D eigenvalue weighted by Crippen LogP contribution is -2.42. The minimum absolute atomic E-state index is 0.0955. The Morgan fingerprint density at radius 3 is 2.81 bits per heavy atom. The molecule has 0 aliphatic carbocycles. The number of thiocarbonyl (C=S) groups is 1. The van der Waals surface area contributed by atoms with Gasteiger partial charge in [-0.2, -0.15) is 11.8 Å². The highest BCUT2D eigenvalue weighted by atomic mass is 32.2. The molecule has 0 bridgehead atoms. The number of aliphatic hydroxyl groups is 1. The summed E-state index contributed by atoms with van der Waals surface area (Å²) in [5.74, 6) is 1.20. The van der Waals surface area contributed by atoms with Crippen molar-refractivity contribution in [1.82, 2.24) is 10.2 Å². The molecule has 0 aromatic heterocycles. The number of rotatable bonds is 6. The molecular weight excluding hydrogens is 388 g/mol. The van der Waals surface area contributed by atoms with Crippen molar-refractivity contribution < 1.29 is 14.7 Å². The summed E-state index contributed by atoms with van der Waals surface area (Å²) < 4.78 is 0.528. The lowest BCUT2D eigenvalue weighted by molar-refractivity contribution is -0.124. The molecule has 1 aromatic carbocycles. The molecule has 2 atom stereocenters. The first-order valence-electron chi connectivity index (χ1n) is 8.40. The van der Waals surface area contributed by atoms with Gasteiger partial charge in [0.05, 0.1) is 17.1 Å². The first-order chi connectivity index (χ1) is 12.5. The number of carbonyl (C=O) groups is 2. The summed E-state index contributed by atoms with van der Waals surface area (Å²) in [4.78, 5) is 26.7. The van der Waals surface area contributed by atoms with Crippen molar-refractivity contribution in [2.75, 3.05) is 18.1 Å². The van der Waals surface area contributed by atoms with Gasteiger partial charge in [0.15, 0.2) is 0 Å². The molecule has 0 spiro atoms. The molecule has 2 fully saturated rings. The highest BCUT2D eigenvalue weighted by molar-refractivity contribution is 8.26. The molecule has 0 saturated carbocycles. The highest BCUT2D eigenvalue weighted by Gasteiger charge is 2.32. The van der Waals surface area contributed by atoms with E-state index in [1.54, 1.807) is 16.7 Å². The Labute approximate surface area is 166 Å². The number of nitrogens with one attached hydrogen (secondary N) is 1. The number of hydrogen-bond donors (Lipinski definition) is 2. The van der Waals surface area contributed by atoms with Crippen LogP contribution < -0.4 is 5.32 Å². The van der Waals surface area contributed by atoms with Crippen LogP contribution in [-0.2, 0) is 9.59 Å². The first kappa shape index (κ1) is 19.4. The molecule has 3 rings (SSSR count). The second-order valence-electron chi connectivity index (χ2n) is 6.13. The average molecular weight is 409 g/mol. The third-order valence-corrected chi connectivity index (χ3v) is 6.70. The van der Waals surface area contributed by atoms with E-state index in [1.165, 1.54) is 11.8 Å². The molecule has 2 N–H and O–H groups in total. The van der Waals surface area contributed by atoms with Crippen molar-refractivity contribution in [2.24, 2.45) is 0 Å². The Morgan fingerprint density at radius 2 is 2.12 bits per heavy atom. The molecule has 0 unspecified atom stereocenters. The van der Waals surface area contributed by atoms with E-state index in [1.807, 2.05) is 36.4 Å². The van der Waals surface area contributed by atoms with Gasteiger partial charge in [0.2, 0.25) is 5.91 Å². The van der Waals surface area contributed by atoms with Crippen LogP contribution >= 0.6 is 35.7 Å². The molecule has 0 radical (unpaired) electrons. The minimum atomic E-state index is -0.473. The van der Waals surface area contributed by atoms with E-state index in [4.69, 9.17) is 12.2 Å². The second-order valence-corrected chi connectivity index (χ2v) is 8.88. The minimum Gasteiger partial charge on any atom is -0.390 e. The summed E-state index contributed by atoms with van der Waals surface area (Å²) >= 11 is 8.24. The number of hydrogen-bond acceptors (Lipinski definition) is 6. The van der Waals surface area contributed by atoms with Crippen LogP contribution in [0, 0.1) is 0 Å². The Hall–Kier alpha value is -1.35. The second kappa shape index (κ2) is 9.03. The maximum atomic E-state index is 12.5. The zero-order chi connectivity index (χ0) is 18.5. The summed E-state index contributed by atoms with van der Waals surface area (Å²) in [6.45, 7) is 0.423. The topological polar surface area (TPSA) is 69.6 Å². The fraction of sp³-hybridized carbons (Fsp3) is 0.389. The van der Waals surface area contributed by atoms with Gasteiger partial charge in [0, 0.05) is 24.5 Å². The van der Waals surface area contributed by atoms with Crippen molar-refractivity contribution in [3.63, 3.8) is 0 Å². The maximum Gasteiger partial charge on any atom is 0.266 e. The van der Waals surface area contributed by atoms with Crippen molar-refractivity contribution in [3.8, 4) is 0 Å². The van der Waals surface area contributed by atoms with Crippen molar-refractivity contribution in [3.05, 3.63) is 40.8 Å². The molecule has 8 heteroatoms. The summed E-state index contributed by atoms with van der Waals surface area (Å²) in [6.07, 6.45) is 2.21. The lowest BCUT2D eigenvalue weighted by Gasteiger charge is -2.17. The lowest BCUT2D eigenvalue weighted by atomic mass is 10.2. The van der Waals surface area contributed by atoms with Crippen LogP contribution in [0.5, 0.6) is 0 Å². The number of nitrogens with zero attached hydrogens (tertiary/aromatic N) is 1. The van der Waals surface area contributed by atoms with Crippen LogP contribution in [0.25, 0.3) is 6.08 Å². The van der Waals surface area contributed by atoms with Crippen molar-refractivity contribution >= 4 is 58.0 Å². The third kappa shape index (κ3) is 4.88. The van der Waals surface area contributed by atoms with E-state index >= 15 is 0 Å². The third-order valence-electron chi connectivity index (χ3n) is 4.15. The first-order valence-corrected chi connectivity index (χ1v) is 10.8. The smallest absolute Gasteiger partial charge is 0.266 e. The van der Waals surface area contributed by atoms with Gasteiger partial charge in [-0.05, 0) is 18.1 Å². The summed E-state index contributed by atoms with van der Waals surface area (Å²) in [5.41, 5.74) is 0.959. The van der Waals surface area contributed by atoms with Crippen LogP contribution in [0.4, 0.5) is 0 Å². The molecular formula is C18H20N2O3S3. The van der Waals surface area contributed by atoms with E-state index in [0.29, 0.717) is 34.4 Å². The number of aliphatic hydroxyl groups excluding tert-OH is 1. The SMILES string of the molecule is O=C(CCCN1C(=O)/C(=C/c2ccccc2)SC1=S)N[C@H]1CSC[C@H]1O. The Bertz CT molecular complexity index is 724. The van der Waals surface area contributed by atoms with Crippen LogP contribution in [0.2, 0.25) is 0 Å². The normalized spacial score (nSPS) is 24.5. The number of thioether (sulfide) groups is 2. The summed E-state index contributed by atoms with van der Waals surface area (Å²) in [7, 11) is 0. The molecule has 26 heavy (non-hydrogen) atoms. The van der Waals surface area contributed by atoms with Crippen LogP contribution in [0.3, 0.4) is 0 Å². The molecule has 2 amide bonds. The Morgan fingerprint density at radius 1 is 1.35 bits per heavy atom. The largest absolute Gasteiger partial charge is 0.390 e. The molecule has 1 aromatic rings. The highest BCUT2D eigenvalue weighted by Crippen LogP contribution is 2.32. The predicted octanol–water partition coefficient (Wildman–Crippen LogP) is 2.26. The monoisotopic (exact) mass is 408 g/mol. The van der Waals surface area contributed by atoms with Gasteiger partial charge in [-0.25, -0.2) is 0 Å². The number of benzene rings is 1. The van der Waals surface area contributed by atoms with Crippen LogP contribution in [0.15, 0.2) is 35.2 Å². The molecule has 2 aliphatic heterocycles. The van der Waals surface area contributed by atoms with E-state index in [9.17, 15) is 14.7 Å². The zero-order valence-corrected chi connectivity index (χ0v) is 16.5. The van der Waals surface area contributed by atoms with Gasteiger partial charge in [-0.3, -0.25) is 14.5 Å². The van der Waals surface area contributed by atoms with Gasteiger partial charge in [-0.15, -0.1) is 0 Å². The van der Waals surface area contributed by atoms with Crippen molar-refractivity contribution in [1.29, 1.82) is 0 Å². The molecule has 138 valence electrons. The van der Waals surface area contributed by atoms with Gasteiger partial charge >= 0.3 is 0 Å². The van der Waals surface area contributed by atoms with E-state index in [2.05, 4.69) is 5.32 Å². The van der Waals surface area contributed by atoms with E-state index in [0.717, 1.165) is 11.3 Å².